The second-order valence-corrected chi connectivity index (χ2v) is 6.97. The van der Waals surface area contributed by atoms with Gasteiger partial charge >= 0.3 is 0 Å². The lowest BCUT2D eigenvalue weighted by Gasteiger charge is -2.38. The number of nitrogens with zero attached hydrogens (tertiary/aromatic N) is 1. The minimum absolute atomic E-state index is 0.0634. The van der Waals surface area contributed by atoms with Gasteiger partial charge in [-0.25, -0.2) is 8.78 Å². The lowest BCUT2D eigenvalue weighted by molar-refractivity contribution is -0.0571. The maximum absolute atomic E-state index is 13.3. The Morgan fingerprint density at radius 1 is 1.26 bits per heavy atom. The molecule has 1 aromatic carbocycles. The number of alkyl halides is 1. The molecule has 0 spiro atoms. The molecule has 2 aliphatic heterocycles. The maximum atomic E-state index is 13.3. The molecule has 0 aromatic heterocycles. The van der Waals surface area contributed by atoms with Crippen molar-refractivity contribution in [3.05, 3.63) is 35.6 Å². The van der Waals surface area contributed by atoms with Crippen LogP contribution >= 0.6 is 0 Å². The van der Waals surface area contributed by atoms with Crippen LogP contribution in [0.4, 0.5) is 8.78 Å². The summed E-state index contributed by atoms with van der Waals surface area (Å²) in [6.07, 6.45) is 2.73. The molecule has 0 saturated carbocycles. The molecular formula is C18H26F2N2O. The van der Waals surface area contributed by atoms with Gasteiger partial charge in [0, 0.05) is 19.1 Å². The van der Waals surface area contributed by atoms with Crippen molar-refractivity contribution in [3.63, 3.8) is 0 Å². The quantitative estimate of drug-likeness (QED) is 0.925. The second kappa shape index (κ2) is 7.69. The van der Waals surface area contributed by atoms with Crippen LogP contribution in [-0.2, 0) is 11.2 Å². The first-order valence-electron chi connectivity index (χ1n) is 8.58. The van der Waals surface area contributed by atoms with Gasteiger partial charge in [0.25, 0.3) is 0 Å². The van der Waals surface area contributed by atoms with E-state index in [1.54, 1.807) is 0 Å². The Morgan fingerprint density at radius 2 is 2.04 bits per heavy atom. The summed E-state index contributed by atoms with van der Waals surface area (Å²) < 4.78 is 31.9. The molecule has 1 unspecified atom stereocenters. The minimum atomic E-state index is -0.922. The molecule has 3 nitrogen and oxygen atoms in total. The van der Waals surface area contributed by atoms with Crippen LogP contribution in [-0.4, -0.2) is 49.5 Å². The zero-order chi connectivity index (χ0) is 16.2. The molecule has 1 aromatic rings. The van der Waals surface area contributed by atoms with Crippen LogP contribution in [0.15, 0.2) is 24.3 Å². The summed E-state index contributed by atoms with van der Waals surface area (Å²) in [4.78, 5) is 2.39. The van der Waals surface area contributed by atoms with Crippen molar-refractivity contribution in [1.82, 2.24) is 4.90 Å². The van der Waals surface area contributed by atoms with Gasteiger partial charge in [-0.3, -0.25) is 0 Å². The van der Waals surface area contributed by atoms with Crippen LogP contribution < -0.4 is 5.73 Å². The third-order valence-corrected chi connectivity index (χ3v) is 4.98. The Labute approximate surface area is 136 Å². The molecule has 3 rings (SSSR count). The predicted octanol–water partition coefficient (Wildman–Crippen LogP) is 2.53. The molecule has 23 heavy (non-hydrogen) atoms. The lowest BCUT2D eigenvalue weighted by Crippen LogP contribution is -2.52. The summed E-state index contributed by atoms with van der Waals surface area (Å²) in [5.74, 6) is 0.386. The van der Waals surface area contributed by atoms with E-state index in [-0.39, 0.29) is 24.6 Å². The van der Waals surface area contributed by atoms with Crippen molar-refractivity contribution < 1.29 is 13.5 Å². The zero-order valence-electron chi connectivity index (χ0n) is 13.5. The highest BCUT2D eigenvalue weighted by Crippen LogP contribution is 2.23. The highest BCUT2D eigenvalue weighted by molar-refractivity contribution is 5.16. The third-order valence-electron chi connectivity index (χ3n) is 4.98. The molecule has 0 radical (unpaired) electrons. The van der Waals surface area contributed by atoms with E-state index in [1.165, 1.54) is 24.1 Å². The van der Waals surface area contributed by atoms with Gasteiger partial charge < -0.3 is 15.4 Å². The first-order chi connectivity index (χ1) is 11.1. The Hall–Kier alpha value is -1.04. The maximum Gasteiger partial charge on any atom is 0.125 e. The normalized spacial score (nSPS) is 32.8. The van der Waals surface area contributed by atoms with Crippen molar-refractivity contribution in [2.75, 3.05) is 26.2 Å². The second-order valence-electron chi connectivity index (χ2n) is 6.97. The van der Waals surface area contributed by atoms with Crippen molar-refractivity contribution in [2.24, 2.45) is 11.7 Å². The molecule has 0 bridgehead atoms. The number of nitrogens with two attached hydrogens (primary N) is 1. The summed E-state index contributed by atoms with van der Waals surface area (Å²) in [5.41, 5.74) is 7.22. The number of hydrogen-bond acceptors (Lipinski definition) is 3. The molecule has 0 amide bonds. The molecule has 4 atom stereocenters. The number of hydrogen-bond donors (Lipinski definition) is 1. The van der Waals surface area contributed by atoms with Gasteiger partial charge in [-0.05, 0) is 55.8 Å². The third kappa shape index (κ3) is 4.72. The smallest absolute Gasteiger partial charge is 0.125 e. The first kappa shape index (κ1) is 16.8. The number of benzene rings is 1. The highest BCUT2D eigenvalue weighted by atomic mass is 19.1. The Kier molecular flexibility index (Phi) is 5.62. The fourth-order valence-corrected chi connectivity index (χ4v) is 3.75. The van der Waals surface area contributed by atoms with Crippen LogP contribution in [0.2, 0.25) is 0 Å². The van der Waals surface area contributed by atoms with Gasteiger partial charge in [-0.15, -0.1) is 0 Å². The summed E-state index contributed by atoms with van der Waals surface area (Å²) in [6.45, 7) is 3.01. The van der Waals surface area contributed by atoms with E-state index in [1.807, 2.05) is 12.1 Å². The number of ether oxygens (including phenoxy) is 1. The average Bonchev–Trinajstić information content (AvgIpc) is 2.53. The minimum Gasteiger partial charge on any atom is -0.372 e. The SMILES string of the molecule is N[C@@H]1C[C@@H](F)CO[C@@H]1CN1CCCC(Cc2ccc(F)cc2)C1. The Balaban J connectivity index is 1.51. The molecule has 128 valence electrons. The van der Waals surface area contributed by atoms with Crippen LogP contribution in [0.5, 0.6) is 0 Å². The topological polar surface area (TPSA) is 38.5 Å². The van der Waals surface area contributed by atoms with E-state index in [0.717, 1.165) is 32.5 Å². The molecular weight excluding hydrogens is 298 g/mol. The molecule has 2 N–H and O–H groups in total. The van der Waals surface area contributed by atoms with Gasteiger partial charge in [0.15, 0.2) is 0 Å². The van der Waals surface area contributed by atoms with Crippen LogP contribution in [0, 0.1) is 11.7 Å². The van der Waals surface area contributed by atoms with Crippen molar-refractivity contribution >= 4 is 0 Å². The highest BCUT2D eigenvalue weighted by Gasteiger charge is 2.31. The fraction of sp³-hybridized carbons (Fsp3) is 0.667. The number of rotatable bonds is 4. The average molecular weight is 324 g/mol. The monoisotopic (exact) mass is 324 g/mol. The van der Waals surface area contributed by atoms with Gasteiger partial charge in [0.2, 0.25) is 0 Å². The van der Waals surface area contributed by atoms with Crippen LogP contribution in [0.1, 0.15) is 24.8 Å². The zero-order valence-corrected chi connectivity index (χ0v) is 13.5. The van der Waals surface area contributed by atoms with Crippen molar-refractivity contribution in [2.45, 2.75) is 44.0 Å². The van der Waals surface area contributed by atoms with Gasteiger partial charge in [-0.2, -0.15) is 0 Å². The van der Waals surface area contributed by atoms with Crippen LogP contribution in [0.3, 0.4) is 0 Å². The summed E-state index contributed by atoms with van der Waals surface area (Å²) >= 11 is 0. The Bertz CT molecular complexity index is 496. The van der Waals surface area contributed by atoms with Crippen molar-refractivity contribution in [1.29, 1.82) is 0 Å². The van der Waals surface area contributed by atoms with E-state index in [4.69, 9.17) is 10.5 Å². The molecule has 2 fully saturated rings. The number of halogens is 2. The first-order valence-corrected chi connectivity index (χ1v) is 8.58. The lowest BCUT2D eigenvalue weighted by atomic mass is 9.90. The fourth-order valence-electron chi connectivity index (χ4n) is 3.75. The van der Waals surface area contributed by atoms with E-state index < -0.39 is 6.17 Å². The summed E-state index contributed by atoms with van der Waals surface area (Å²) in [7, 11) is 0. The van der Waals surface area contributed by atoms with E-state index in [9.17, 15) is 8.78 Å². The van der Waals surface area contributed by atoms with E-state index >= 15 is 0 Å². The van der Waals surface area contributed by atoms with Gasteiger partial charge in [-0.1, -0.05) is 12.1 Å². The molecule has 5 heteroatoms. The molecule has 2 aliphatic rings. The van der Waals surface area contributed by atoms with Gasteiger partial charge in [0.1, 0.15) is 12.0 Å². The molecule has 0 aliphatic carbocycles. The number of piperidine rings is 1. The molecule has 2 saturated heterocycles. The predicted molar refractivity (Wildman–Crippen MR) is 86.5 cm³/mol. The van der Waals surface area contributed by atoms with E-state index in [0.29, 0.717) is 12.3 Å². The van der Waals surface area contributed by atoms with Crippen LogP contribution in [0.25, 0.3) is 0 Å². The standard InChI is InChI=1S/C18H26F2N2O/c19-15-5-3-13(4-6-15)8-14-2-1-7-22(10-14)11-18-17(21)9-16(20)12-23-18/h3-6,14,16-18H,1-2,7-12,21H2/t14?,16-,17-,18-/m1/s1. The van der Waals surface area contributed by atoms with Crippen molar-refractivity contribution in [3.8, 4) is 0 Å². The van der Waals surface area contributed by atoms with Gasteiger partial charge in [0.05, 0.1) is 12.7 Å². The molecule has 2 heterocycles. The summed E-state index contributed by atoms with van der Waals surface area (Å²) in [5, 5.41) is 0. The largest absolute Gasteiger partial charge is 0.372 e. The Morgan fingerprint density at radius 3 is 2.78 bits per heavy atom. The van der Waals surface area contributed by atoms with E-state index in [2.05, 4.69) is 4.90 Å². The summed E-state index contributed by atoms with van der Waals surface area (Å²) in [6, 6.07) is 6.58. The number of likely N-dealkylation sites (tertiary alicyclic amines) is 1.